The molecule has 0 aliphatic rings. The minimum absolute atomic E-state index is 0.0518. The zero-order valence-electron chi connectivity index (χ0n) is 16.5. The van der Waals surface area contributed by atoms with Gasteiger partial charge >= 0.3 is 12.1 Å². The maximum Gasteiger partial charge on any atom is 0.407 e. The van der Waals surface area contributed by atoms with Crippen LogP contribution in [0.2, 0.25) is 0 Å². The van der Waals surface area contributed by atoms with Crippen LogP contribution < -0.4 is 10.0 Å². The minimum atomic E-state index is -3.98. The number of carboxylic acid groups (broad SMARTS) is 1. The largest absolute Gasteiger partial charge is 0.480 e. The molecular weight excluding hydrogens is 424 g/mol. The lowest BCUT2D eigenvalue weighted by molar-refractivity contribution is -0.139. The summed E-state index contributed by atoms with van der Waals surface area (Å²) in [6, 6.07) is 16.4. The van der Waals surface area contributed by atoms with Crippen LogP contribution in [0.4, 0.5) is 4.79 Å². The summed E-state index contributed by atoms with van der Waals surface area (Å²) in [4.78, 5) is 23.2. The minimum Gasteiger partial charge on any atom is -0.480 e. The number of aliphatic carboxylic acids is 1. The SMILES string of the molecule is O=C(NCCS(=O)(=O)NC(Cc1cc2ccccc2o1)C(=O)O)OCc1ccccc1. The van der Waals surface area contributed by atoms with Gasteiger partial charge in [0.05, 0.1) is 5.75 Å². The van der Waals surface area contributed by atoms with Crippen molar-refractivity contribution in [1.29, 1.82) is 0 Å². The molecule has 0 saturated heterocycles. The Morgan fingerprint density at radius 3 is 2.48 bits per heavy atom. The van der Waals surface area contributed by atoms with Crippen molar-refractivity contribution in [2.45, 2.75) is 19.1 Å². The average Bonchev–Trinajstić information content (AvgIpc) is 3.14. The van der Waals surface area contributed by atoms with E-state index in [1.165, 1.54) is 0 Å². The molecule has 0 spiro atoms. The second-order valence-corrected chi connectivity index (χ2v) is 8.64. The van der Waals surface area contributed by atoms with Crippen LogP contribution in [-0.4, -0.2) is 43.9 Å². The topological polar surface area (TPSA) is 135 Å². The third-order valence-corrected chi connectivity index (χ3v) is 5.74. The number of nitrogens with one attached hydrogen (secondary N) is 2. The number of fused-ring (bicyclic) bond motifs is 1. The summed E-state index contributed by atoms with van der Waals surface area (Å²) in [6.07, 6.45) is -0.924. The fourth-order valence-corrected chi connectivity index (χ4v) is 3.96. The third kappa shape index (κ3) is 6.83. The quantitative estimate of drug-likeness (QED) is 0.435. The van der Waals surface area contributed by atoms with Gasteiger partial charge in [0.25, 0.3) is 0 Å². The molecule has 1 unspecified atom stereocenters. The van der Waals surface area contributed by atoms with Crippen LogP contribution in [0, 0.1) is 0 Å². The molecule has 0 saturated carbocycles. The second kappa shape index (κ2) is 10.1. The average molecular weight is 446 g/mol. The van der Waals surface area contributed by atoms with Gasteiger partial charge < -0.3 is 19.6 Å². The number of ether oxygens (including phenoxy) is 1. The molecule has 3 aromatic rings. The van der Waals surface area contributed by atoms with Crippen LogP contribution in [0.25, 0.3) is 11.0 Å². The fourth-order valence-electron chi connectivity index (χ4n) is 2.86. The molecule has 10 heteroatoms. The lowest BCUT2D eigenvalue weighted by atomic mass is 10.1. The fraction of sp³-hybridized carbons (Fsp3) is 0.238. The molecule has 0 aliphatic heterocycles. The van der Waals surface area contributed by atoms with Crippen molar-refractivity contribution in [3.63, 3.8) is 0 Å². The lowest BCUT2D eigenvalue weighted by Crippen LogP contribution is -2.44. The number of furan rings is 1. The van der Waals surface area contributed by atoms with Crippen molar-refractivity contribution in [2.24, 2.45) is 0 Å². The number of benzene rings is 2. The number of hydrogen-bond acceptors (Lipinski definition) is 6. The highest BCUT2D eigenvalue weighted by molar-refractivity contribution is 7.89. The van der Waals surface area contributed by atoms with Gasteiger partial charge in [0, 0.05) is 18.4 Å². The van der Waals surface area contributed by atoms with Crippen molar-refractivity contribution in [3.8, 4) is 0 Å². The molecule has 3 N–H and O–H groups in total. The first-order chi connectivity index (χ1) is 14.8. The van der Waals surface area contributed by atoms with E-state index < -0.39 is 33.9 Å². The van der Waals surface area contributed by atoms with Crippen LogP contribution in [0.3, 0.4) is 0 Å². The maximum absolute atomic E-state index is 12.3. The van der Waals surface area contributed by atoms with E-state index in [0.717, 1.165) is 10.9 Å². The Morgan fingerprint density at radius 1 is 1.06 bits per heavy atom. The van der Waals surface area contributed by atoms with Crippen LogP contribution in [-0.2, 0) is 32.6 Å². The highest BCUT2D eigenvalue weighted by Crippen LogP contribution is 2.20. The van der Waals surface area contributed by atoms with Crippen molar-refractivity contribution in [2.75, 3.05) is 12.3 Å². The molecule has 3 rings (SSSR count). The van der Waals surface area contributed by atoms with Gasteiger partial charge in [-0.3, -0.25) is 4.79 Å². The Kier molecular flexibility index (Phi) is 7.27. The van der Waals surface area contributed by atoms with E-state index in [-0.39, 0.29) is 19.6 Å². The first kappa shape index (κ1) is 22.3. The molecule has 31 heavy (non-hydrogen) atoms. The Balaban J connectivity index is 1.49. The van der Waals surface area contributed by atoms with Crippen molar-refractivity contribution in [3.05, 3.63) is 72.0 Å². The molecule has 0 bridgehead atoms. The Morgan fingerprint density at radius 2 is 1.77 bits per heavy atom. The van der Waals surface area contributed by atoms with Crippen LogP contribution in [0.1, 0.15) is 11.3 Å². The Hall–Kier alpha value is -3.37. The number of carbonyl (C=O) groups is 2. The van der Waals surface area contributed by atoms with E-state index in [9.17, 15) is 23.1 Å². The smallest absolute Gasteiger partial charge is 0.407 e. The van der Waals surface area contributed by atoms with E-state index in [1.807, 2.05) is 18.2 Å². The van der Waals surface area contributed by atoms with E-state index in [1.54, 1.807) is 42.5 Å². The molecule has 164 valence electrons. The highest BCUT2D eigenvalue weighted by atomic mass is 32.2. The second-order valence-electron chi connectivity index (χ2n) is 6.77. The number of para-hydroxylation sites is 1. The van der Waals surface area contributed by atoms with E-state index in [0.29, 0.717) is 11.3 Å². The normalized spacial score (nSPS) is 12.4. The molecule has 2 aromatic carbocycles. The standard InChI is InChI=1S/C21H22N2O7S/c24-20(25)18(13-17-12-16-8-4-5-9-19(16)30-17)23-31(27,28)11-10-22-21(26)29-14-15-6-2-1-3-7-15/h1-9,12,18,23H,10-11,13-14H2,(H,22,26)(H,24,25). The number of amides is 1. The number of carboxylic acids is 1. The van der Waals surface area contributed by atoms with Crippen LogP contribution in [0.5, 0.6) is 0 Å². The summed E-state index contributed by atoms with van der Waals surface area (Å²) in [5.74, 6) is -1.49. The predicted molar refractivity (Wildman–Crippen MR) is 113 cm³/mol. The molecule has 9 nitrogen and oxygen atoms in total. The van der Waals surface area contributed by atoms with Gasteiger partial charge in [0.2, 0.25) is 10.0 Å². The maximum atomic E-state index is 12.3. The first-order valence-electron chi connectivity index (χ1n) is 9.47. The molecule has 0 fully saturated rings. The Bertz CT molecular complexity index is 1110. The number of rotatable bonds is 10. The van der Waals surface area contributed by atoms with E-state index in [4.69, 9.17) is 9.15 Å². The predicted octanol–water partition coefficient (Wildman–Crippen LogP) is 2.27. The van der Waals surface area contributed by atoms with E-state index >= 15 is 0 Å². The first-order valence-corrected chi connectivity index (χ1v) is 11.1. The summed E-state index contributed by atoms with van der Waals surface area (Å²) in [5.41, 5.74) is 1.38. The van der Waals surface area contributed by atoms with E-state index in [2.05, 4.69) is 10.0 Å². The van der Waals surface area contributed by atoms with Crippen molar-refractivity contribution in [1.82, 2.24) is 10.0 Å². The number of hydrogen-bond donors (Lipinski definition) is 3. The van der Waals surface area contributed by atoms with Crippen LogP contribution in [0.15, 0.2) is 65.1 Å². The van der Waals surface area contributed by atoms with Gasteiger partial charge in [-0.1, -0.05) is 48.5 Å². The molecule has 1 atom stereocenters. The number of sulfonamides is 1. The lowest BCUT2D eigenvalue weighted by Gasteiger charge is -2.14. The molecule has 0 aliphatic carbocycles. The van der Waals surface area contributed by atoms with Crippen molar-refractivity contribution >= 4 is 33.1 Å². The van der Waals surface area contributed by atoms with Crippen molar-refractivity contribution < 1.29 is 32.3 Å². The Labute approximate surface area is 179 Å². The summed E-state index contributed by atoms with van der Waals surface area (Å²) < 4.78 is 37.2. The number of alkyl carbamates (subject to hydrolysis) is 1. The zero-order valence-corrected chi connectivity index (χ0v) is 17.3. The molecular formula is C21H22N2O7S. The number of carbonyl (C=O) groups excluding carboxylic acids is 1. The summed E-state index contributed by atoms with van der Waals surface area (Å²) in [7, 11) is -3.98. The van der Waals surface area contributed by atoms with Gasteiger partial charge in [-0.15, -0.1) is 0 Å². The monoisotopic (exact) mass is 446 g/mol. The molecule has 0 radical (unpaired) electrons. The van der Waals surface area contributed by atoms with Gasteiger partial charge in [-0.25, -0.2) is 17.9 Å². The van der Waals surface area contributed by atoms with Gasteiger partial charge in [-0.05, 0) is 17.7 Å². The summed E-state index contributed by atoms with van der Waals surface area (Å²) >= 11 is 0. The molecule has 1 amide bonds. The van der Waals surface area contributed by atoms with Gasteiger partial charge in [0.15, 0.2) is 0 Å². The van der Waals surface area contributed by atoms with Crippen LogP contribution >= 0.6 is 0 Å². The summed E-state index contributed by atoms with van der Waals surface area (Å²) in [6.45, 7) is -0.184. The van der Waals surface area contributed by atoms with Gasteiger partial charge in [-0.2, -0.15) is 0 Å². The molecule has 1 heterocycles. The third-order valence-electron chi connectivity index (χ3n) is 4.35. The van der Waals surface area contributed by atoms with Gasteiger partial charge in [0.1, 0.15) is 24.0 Å². The molecule has 1 aromatic heterocycles. The zero-order chi connectivity index (χ0) is 22.3. The summed E-state index contributed by atoms with van der Waals surface area (Å²) in [5, 5.41) is 12.5. The highest BCUT2D eigenvalue weighted by Gasteiger charge is 2.25.